The van der Waals surface area contributed by atoms with E-state index in [1.54, 1.807) is 6.07 Å². The van der Waals surface area contributed by atoms with E-state index in [-0.39, 0.29) is 6.54 Å². The number of hydrogen-bond acceptors (Lipinski definition) is 2. The van der Waals surface area contributed by atoms with Gasteiger partial charge in [0.2, 0.25) is 0 Å². The Morgan fingerprint density at radius 1 is 1.17 bits per heavy atom. The van der Waals surface area contributed by atoms with E-state index in [4.69, 9.17) is 4.42 Å². The molecule has 2 aromatic rings. The van der Waals surface area contributed by atoms with Crippen LogP contribution in [0.25, 0.3) is 0 Å². The number of carbonyl (C=O) groups is 1. The lowest BCUT2D eigenvalue weighted by Gasteiger charge is -2.05. The fourth-order valence-corrected chi connectivity index (χ4v) is 1.37. The maximum absolute atomic E-state index is 13.3. The Hall–Kier alpha value is -2.24. The summed E-state index contributed by atoms with van der Waals surface area (Å²) in [4.78, 5) is 11.6. The van der Waals surface area contributed by atoms with Gasteiger partial charge in [0.1, 0.15) is 0 Å². The number of rotatable bonds is 3. The number of furan rings is 1. The van der Waals surface area contributed by atoms with Gasteiger partial charge in [0.25, 0.3) is 5.91 Å². The van der Waals surface area contributed by atoms with E-state index in [0.29, 0.717) is 11.6 Å². The molecule has 0 bridgehead atoms. The number of hydrogen-bond donors (Lipinski definition) is 1. The Kier molecular flexibility index (Phi) is 3.36. The maximum atomic E-state index is 13.3. The van der Waals surface area contributed by atoms with Gasteiger partial charge in [0.05, 0.1) is 18.1 Å². The molecular formula is C12H8F3NO2. The molecule has 0 aliphatic heterocycles. The quantitative estimate of drug-likeness (QED) is 0.856. The maximum Gasteiger partial charge on any atom is 0.254 e. The van der Waals surface area contributed by atoms with Crippen molar-refractivity contribution in [3.63, 3.8) is 0 Å². The van der Waals surface area contributed by atoms with Gasteiger partial charge in [0, 0.05) is 12.1 Å². The van der Waals surface area contributed by atoms with Crippen molar-refractivity contribution in [2.24, 2.45) is 0 Å². The minimum atomic E-state index is -1.66. The van der Waals surface area contributed by atoms with Gasteiger partial charge in [-0.25, -0.2) is 13.2 Å². The molecule has 0 atom stereocenters. The van der Waals surface area contributed by atoms with Gasteiger partial charge >= 0.3 is 0 Å². The molecule has 0 radical (unpaired) electrons. The molecule has 1 N–H and O–H groups in total. The third kappa shape index (κ3) is 2.37. The highest BCUT2D eigenvalue weighted by Crippen LogP contribution is 2.15. The molecule has 0 unspecified atom stereocenters. The first-order valence-electron chi connectivity index (χ1n) is 5.02. The lowest BCUT2D eigenvalue weighted by Crippen LogP contribution is -2.24. The number of carbonyl (C=O) groups excluding carboxylic acids is 1. The molecule has 0 saturated carbocycles. The highest BCUT2D eigenvalue weighted by atomic mass is 19.2. The van der Waals surface area contributed by atoms with E-state index >= 15 is 0 Å². The van der Waals surface area contributed by atoms with E-state index in [1.807, 2.05) is 0 Å². The molecule has 1 amide bonds. The normalized spacial score (nSPS) is 10.4. The molecule has 0 aliphatic carbocycles. The third-order valence-corrected chi connectivity index (χ3v) is 2.31. The molecule has 0 fully saturated rings. The molecule has 1 aromatic carbocycles. The summed E-state index contributed by atoms with van der Waals surface area (Å²) in [5, 5.41) is 2.36. The van der Waals surface area contributed by atoms with E-state index in [2.05, 4.69) is 5.32 Å². The first kappa shape index (κ1) is 12.2. The molecule has 18 heavy (non-hydrogen) atoms. The van der Waals surface area contributed by atoms with E-state index < -0.39 is 28.9 Å². The van der Waals surface area contributed by atoms with E-state index in [1.165, 1.54) is 12.5 Å². The second-order valence-electron chi connectivity index (χ2n) is 3.54. The van der Waals surface area contributed by atoms with E-state index in [0.717, 1.165) is 6.07 Å². The highest BCUT2D eigenvalue weighted by Gasteiger charge is 2.18. The zero-order valence-electron chi connectivity index (χ0n) is 9.04. The van der Waals surface area contributed by atoms with Gasteiger partial charge in [-0.15, -0.1) is 0 Å². The van der Waals surface area contributed by atoms with Crippen LogP contribution < -0.4 is 5.32 Å². The predicted molar refractivity (Wildman–Crippen MR) is 56.2 cm³/mol. The van der Waals surface area contributed by atoms with Crippen LogP contribution in [-0.4, -0.2) is 5.91 Å². The van der Waals surface area contributed by atoms with Crippen molar-refractivity contribution in [3.05, 3.63) is 59.3 Å². The minimum Gasteiger partial charge on any atom is -0.472 e. The topological polar surface area (TPSA) is 42.2 Å². The molecule has 0 spiro atoms. The molecular weight excluding hydrogens is 247 g/mol. The van der Waals surface area contributed by atoms with Crippen LogP contribution in [0.4, 0.5) is 13.2 Å². The fraction of sp³-hybridized carbons (Fsp3) is 0.0833. The Morgan fingerprint density at radius 2 is 1.94 bits per heavy atom. The standard InChI is InChI=1S/C12H8F3NO2/c13-9-2-1-8(10(14)11(9)15)12(17)16-5-7-3-4-18-6-7/h1-4,6H,5H2,(H,16,17). The van der Waals surface area contributed by atoms with Gasteiger partial charge in [-0.05, 0) is 18.2 Å². The lowest BCUT2D eigenvalue weighted by atomic mass is 10.2. The first-order chi connectivity index (χ1) is 8.59. The van der Waals surface area contributed by atoms with Crippen LogP contribution in [0, 0.1) is 17.5 Å². The van der Waals surface area contributed by atoms with Crippen molar-refractivity contribution in [1.82, 2.24) is 5.32 Å². The molecule has 94 valence electrons. The Morgan fingerprint density at radius 3 is 2.61 bits per heavy atom. The number of benzene rings is 1. The van der Waals surface area contributed by atoms with Gasteiger partial charge in [-0.2, -0.15) is 0 Å². The van der Waals surface area contributed by atoms with Crippen molar-refractivity contribution >= 4 is 5.91 Å². The van der Waals surface area contributed by atoms with Crippen molar-refractivity contribution in [2.75, 3.05) is 0 Å². The summed E-state index contributed by atoms with van der Waals surface area (Å²) in [5.41, 5.74) is 0.128. The molecule has 2 rings (SSSR count). The molecule has 1 aromatic heterocycles. The SMILES string of the molecule is O=C(NCc1ccoc1)c1ccc(F)c(F)c1F. The Bertz CT molecular complexity index is 567. The van der Waals surface area contributed by atoms with Crippen molar-refractivity contribution in [3.8, 4) is 0 Å². The summed E-state index contributed by atoms with van der Waals surface area (Å²) in [6.07, 6.45) is 2.82. The van der Waals surface area contributed by atoms with Gasteiger partial charge < -0.3 is 9.73 Å². The minimum absolute atomic E-state index is 0.105. The monoisotopic (exact) mass is 255 g/mol. The van der Waals surface area contributed by atoms with Gasteiger partial charge in [-0.3, -0.25) is 4.79 Å². The van der Waals surface area contributed by atoms with E-state index in [9.17, 15) is 18.0 Å². The van der Waals surface area contributed by atoms with Crippen LogP contribution in [0.15, 0.2) is 35.1 Å². The average molecular weight is 255 g/mol. The third-order valence-electron chi connectivity index (χ3n) is 2.31. The summed E-state index contributed by atoms with van der Waals surface area (Å²) in [5.74, 6) is -5.32. The zero-order chi connectivity index (χ0) is 13.1. The molecule has 0 aliphatic rings. The van der Waals surface area contributed by atoms with Crippen LogP contribution in [0.1, 0.15) is 15.9 Å². The van der Waals surface area contributed by atoms with Crippen LogP contribution >= 0.6 is 0 Å². The zero-order valence-corrected chi connectivity index (χ0v) is 9.04. The summed E-state index contributed by atoms with van der Waals surface area (Å²) < 4.78 is 43.7. The highest BCUT2D eigenvalue weighted by molar-refractivity contribution is 5.94. The first-order valence-corrected chi connectivity index (χ1v) is 5.02. The molecule has 1 heterocycles. The molecule has 6 heteroatoms. The van der Waals surface area contributed by atoms with Crippen LogP contribution in [0.3, 0.4) is 0 Å². The van der Waals surface area contributed by atoms with Crippen molar-refractivity contribution in [2.45, 2.75) is 6.54 Å². The largest absolute Gasteiger partial charge is 0.472 e. The van der Waals surface area contributed by atoms with Gasteiger partial charge in [-0.1, -0.05) is 0 Å². The van der Waals surface area contributed by atoms with Crippen LogP contribution in [0.2, 0.25) is 0 Å². The van der Waals surface area contributed by atoms with Crippen molar-refractivity contribution in [1.29, 1.82) is 0 Å². The second-order valence-corrected chi connectivity index (χ2v) is 3.54. The number of amides is 1. The molecule has 3 nitrogen and oxygen atoms in total. The van der Waals surface area contributed by atoms with Crippen LogP contribution in [-0.2, 0) is 6.54 Å². The summed E-state index contributed by atoms with van der Waals surface area (Å²) in [6, 6.07) is 3.20. The Labute approximate surface area is 100 Å². The summed E-state index contributed by atoms with van der Waals surface area (Å²) >= 11 is 0. The van der Waals surface area contributed by atoms with Crippen LogP contribution in [0.5, 0.6) is 0 Å². The second kappa shape index (κ2) is 4.95. The number of nitrogens with one attached hydrogen (secondary N) is 1. The Balaban J connectivity index is 2.12. The van der Waals surface area contributed by atoms with Gasteiger partial charge in [0.15, 0.2) is 17.5 Å². The summed E-state index contributed by atoms with van der Waals surface area (Å²) in [6.45, 7) is 0.105. The smallest absolute Gasteiger partial charge is 0.254 e. The number of halogens is 3. The predicted octanol–water partition coefficient (Wildman–Crippen LogP) is 2.63. The molecule has 0 saturated heterocycles. The lowest BCUT2D eigenvalue weighted by molar-refractivity contribution is 0.0945. The summed E-state index contributed by atoms with van der Waals surface area (Å²) in [7, 11) is 0. The average Bonchev–Trinajstić information content (AvgIpc) is 2.86. The van der Waals surface area contributed by atoms with Crippen molar-refractivity contribution < 1.29 is 22.4 Å². The fourth-order valence-electron chi connectivity index (χ4n) is 1.37.